The molecule has 0 saturated carbocycles. The van der Waals surface area contributed by atoms with Gasteiger partial charge >= 0.3 is 0 Å². The van der Waals surface area contributed by atoms with Crippen molar-refractivity contribution in [2.75, 3.05) is 11.5 Å². The van der Waals surface area contributed by atoms with Crippen LogP contribution in [0, 0.1) is 13.8 Å². The summed E-state index contributed by atoms with van der Waals surface area (Å²) in [4.78, 5) is 22.0. The van der Waals surface area contributed by atoms with Crippen LogP contribution in [0.4, 0.5) is 11.6 Å². The highest BCUT2D eigenvalue weighted by molar-refractivity contribution is 5.89. The van der Waals surface area contributed by atoms with Gasteiger partial charge in [0.15, 0.2) is 5.82 Å². The first-order valence-electron chi connectivity index (χ1n) is 8.12. The second-order valence-corrected chi connectivity index (χ2v) is 6.04. The molecule has 4 rings (SSSR count). The Morgan fingerprint density at radius 3 is 2.50 bits per heavy atom. The molecule has 4 N–H and O–H groups in total. The summed E-state index contributed by atoms with van der Waals surface area (Å²) in [5, 5.41) is 0.952. The number of nitrogens with two attached hydrogens (primary N) is 2. The van der Waals surface area contributed by atoms with E-state index in [1.54, 1.807) is 13.1 Å². The van der Waals surface area contributed by atoms with Crippen LogP contribution in [0.2, 0.25) is 0 Å². The number of nitrogens with zero attached hydrogens (tertiary/aromatic N) is 5. The summed E-state index contributed by atoms with van der Waals surface area (Å²) in [5.41, 5.74) is 16.6. The van der Waals surface area contributed by atoms with Gasteiger partial charge in [-0.05, 0) is 50.2 Å². The van der Waals surface area contributed by atoms with Crippen molar-refractivity contribution < 1.29 is 0 Å². The maximum Gasteiger partial charge on any atom is 0.223 e. The summed E-state index contributed by atoms with van der Waals surface area (Å²) in [7, 11) is 0. The molecule has 3 aromatic heterocycles. The first-order chi connectivity index (χ1) is 12.5. The van der Waals surface area contributed by atoms with Crippen LogP contribution in [0.3, 0.4) is 0 Å². The Balaban J connectivity index is 1.97. The summed E-state index contributed by atoms with van der Waals surface area (Å²) in [6, 6.07) is 11.5. The molecule has 0 saturated heterocycles. The zero-order valence-corrected chi connectivity index (χ0v) is 14.4. The number of anilines is 2. The number of benzene rings is 1. The Morgan fingerprint density at radius 1 is 0.846 bits per heavy atom. The normalized spacial score (nSPS) is 11.0. The first-order valence-corrected chi connectivity index (χ1v) is 8.12. The number of aromatic nitrogens is 5. The third-order valence-corrected chi connectivity index (χ3v) is 4.10. The van der Waals surface area contributed by atoms with Gasteiger partial charge in [0.1, 0.15) is 5.82 Å². The maximum atomic E-state index is 5.92. The zero-order chi connectivity index (χ0) is 18.3. The minimum atomic E-state index is 0.184. The summed E-state index contributed by atoms with van der Waals surface area (Å²) >= 11 is 0. The fourth-order valence-electron chi connectivity index (χ4n) is 2.95. The molecule has 26 heavy (non-hydrogen) atoms. The molecule has 1 aromatic carbocycles. The second-order valence-electron chi connectivity index (χ2n) is 6.04. The van der Waals surface area contributed by atoms with Gasteiger partial charge < -0.3 is 11.5 Å². The van der Waals surface area contributed by atoms with Crippen LogP contribution in [0.15, 0.2) is 42.6 Å². The molecular weight excluding hydrogens is 326 g/mol. The van der Waals surface area contributed by atoms with Gasteiger partial charge in [-0.15, -0.1) is 0 Å². The largest absolute Gasteiger partial charge is 0.399 e. The van der Waals surface area contributed by atoms with Gasteiger partial charge in [-0.2, -0.15) is 9.97 Å². The molecule has 0 aliphatic carbocycles. The summed E-state index contributed by atoms with van der Waals surface area (Å²) in [6.45, 7) is 3.74. The zero-order valence-electron chi connectivity index (χ0n) is 14.4. The van der Waals surface area contributed by atoms with Crippen LogP contribution >= 0.6 is 0 Å². The number of pyridine rings is 2. The lowest BCUT2D eigenvalue weighted by Crippen LogP contribution is -2.03. The first kappa shape index (κ1) is 15.9. The van der Waals surface area contributed by atoms with Crippen molar-refractivity contribution >= 4 is 22.5 Å². The van der Waals surface area contributed by atoms with Crippen LogP contribution in [-0.2, 0) is 0 Å². The smallest absolute Gasteiger partial charge is 0.223 e. The van der Waals surface area contributed by atoms with E-state index in [9.17, 15) is 0 Å². The van der Waals surface area contributed by atoms with Crippen molar-refractivity contribution in [1.29, 1.82) is 0 Å². The van der Waals surface area contributed by atoms with Gasteiger partial charge in [0.05, 0.1) is 11.2 Å². The fourth-order valence-corrected chi connectivity index (χ4v) is 2.95. The molecule has 3 heterocycles. The Bertz CT molecular complexity index is 1120. The van der Waals surface area contributed by atoms with Crippen LogP contribution in [0.5, 0.6) is 0 Å². The Labute approximate surface area is 150 Å². The molecule has 0 spiro atoms. The SMILES string of the molecule is Cc1nc(N)nc(-c2cccnc2-c2cc3cc(N)ccc3nc2C)n1. The van der Waals surface area contributed by atoms with Gasteiger partial charge in [-0.3, -0.25) is 9.97 Å². The fraction of sp³-hybridized carbons (Fsp3) is 0.105. The highest BCUT2D eigenvalue weighted by Crippen LogP contribution is 2.32. The monoisotopic (exact) mass is 343 g/mol. The molecule has 0 radical (unpaired) electrons. The molecule has 0 aliphatic rings. The molecule has 7 heteroatoms. The molecule has 0 aliphatic heterocycles. The third-order valence-electron chi connectivity index (χ3n) is 4.10. The van der Waals surface area contributed by atoms with Crippen molar-refractivity contribution in [2.45, 2.75) is 13.8 Å². The molecule has 4 aromatic rings. The minimum Gasteiger partial charge on any atom is -0.399 e. The maximum absolute atomic E-state index is 5.92. The lowest BCUT2D eigenvalue weighted by molar-refractivity contribution is 0.995. The molecule has 0 bridgehead atoms. The number of rotatable bonds is 2. The van der Waals surface area contributed by atoms with Gasteiger partial charge in [-0.25, -0.2) is 4.98 Å². The van der Waals surface area contributed by atoms with Crippen molar-refractivity contribution in [1.82, 2.24) is 24.9 Å². The predicted octanol–water partition coefficient (Wildman–Crippen LogP) is 2.93. The number of hydrogen-bond acceptors (Lipinski definition) is 7. The van der Waals surface area contributed by atoms with E-state index in [-0.39, 0.29) is 5.95 Å². The second kappa shape index (κ2) is 6.03. The van der Waals surface area contributed by atoms with E-state index in [4.69, 9.17) is 11.5 Å². The van der Waals surface area contributed by atoms with E-state index in [0.29, 0.717) is 17.3 Å². The Hall–Kier alpha value is -3.61. The number of aryl methyl sites for hydroxylation is 2. The summed E-state index contributed by atoms with van der Waals surface area (Å²) in [6.07, 6.45) is 1.74. The minimum absolute atomic E-state index is 0.184. The van der Waals surface area contributed by atoms with Crippen molar-refractivity contribution in [3.8, 4) is 22.6 Å². The average Bonchev–Trinajstić information content (AvgIpc) is 2.61. The molecule has 7 nitrogen and oxygen atoms in total. The van der Waals surface area contributed by atoms with Gasteiger partial charge in [0, 0.05) is 34.1 Å². The van der Waals surface area contributed by atoms with Crippen molar-refractivity contribution in [3.05, 3.63) is 54.1 Å². The standard InChI is InChI=1S/C19H17N7/c1-10-15(9-12-8-13(20)5-6-16(12)23-10)17-14(4-3-7-22-17)18-24-11(2)25-19(21)26-18/h3-9H,20H2,1-2H3,(H2,21,24,25,26). The van der Waals surface area contributed by atoms with Crippen LogP contribution in [-0.4, -0.2) is 24.9 Å². The van der Waals surface area contributed by atoms with E-state index >= 15 is 0 Å². The number of hydrogen-bond donors (Lipinski definition) is 2. The van der Waals surface area contributed by atoms with Crippen molar-refractivity contribution in [3.63, 3.8) is 0 Å². The summed E-state index contributed by atoms with van der Waals surface area (Å²) in [5.74, 6) is 1.23. The van der Waals surface area contributed by atoms with E-state index in [0.717, 1.165) is 33.4 Å². The Morgan fingerprint density at radius 2 is 1.69 bits per heavy atom. The molecule has 0 atom stereocenters. The lowest BCUT2D eigenvalue weighted by Gasteiger charge is -2.11. The highest BCUT2D eigenvalue weighted by Gasteiger charge is 2.15. The van der Waals surface area contributed by atoms with Gasteiger partial charge in [0.2, 0.25) is 5.95 Å². The van der Waals surface area contributed by atoms with Crippen LogP contribution in [0.1, 0.15) is 11.5 Å². The number of nitrogen functional groups attached to an aromatic ring is 2. The topological polar surface area (TPSA) is 116 Å². The highest BCUT2D eigenvalue weighted by atomic mass is 15.1. The van der Waals surface area contributed by atoms with Crippen molar-refractivity contribution in [2.24, 2.45) is 0 Å². The lowest BCUT2D eigenvalue weighted by atomic mass is 10.0. The number of fused-ring (bicyclic) bond motifs is 1. The molecule has 0 amide bonds. The van der Waals surface area contributed by atoms with E-state index in [1.807, 2.05) is 43.3 Å². The average molecular weight is 343 g/mol. The molecular formula is C19H17N7. The molecule has 0 unspecified atom stereocenters. The summed E-state index contributed by atoms with van der Waals surface area (Å²) < 4.78 is 0. The van der Waals surface area contributed by atoms with Crippen LogP contribution < -0.4 is 11.5 Å². The van der Waals surface area contributed by atoms with Gasteiger partial charge in [0.25, 0.3) is 0 Å². The van der Waals surface area contributed by atoms with E-state index in [1.165, 1.54) is 0 Å². The quantitative estimate of drug-likeness (QED) is 0.537. The molecule has 0 fully saturated rings. The van der Waals surface area contributed by atoms with E-state index < -0.39 is 0 Å². The van der Waals surface area contributed by atoms with Gasteiger partial charge in [-0.1, -0.05) is 0 Å². The Kier molecular flexibility index (Phi) is 3.69. The molecule has 128 valence electrons. The third kappa shape index (κ3) is 2.79. The predicted molar refractivity (Wildman–Crippen MR) is 102 cm³/mol. The van der Waals surface area contributed by atoms with E-state index in [2.05, 4.69) is 24.9 Å². The van der Waals surface area contributed by atoms with Crippen LogP contribution in [0.25, 0.3) is 33.5 Å².